The maximum Gasteiger partial charge on any atom is 0.178 e. The van der Waals surface area contributed by atoms with Gasteiger partial charge in [0.2, 0.25) is 0 Å². The van der Waals surface area contributed by atoms with E-state index in [2.05, 4.69) is 0 Å². The number of carbonyl (C=O) groups is 3. The summed E-state index contributed by atoms with van der Waals surface area (Å²) >= 11 is 0. The highest BCUT2D eigenvalue weighted by Crippen LogP contribution is 2.12. The van der Waals surface area contributed by atoms with Gasteiger partial charge in [-0.05, 0) is 12.0 Å². The monoisotopic (exact) mass is 234 g/mol. The largest absolute Gasteiger partial charge is 0.550 e. The fraction of sp³-hybridized carbons (Fsp3) is 0.250. The van der Waals surface area contributed by atoms with Crippen LogP contribution in [-0.4, -0.2) is 17.7 Å². The molecule has 0 N–H and O–H groups in total. The summed E-state index contributed by atoms with van der Waals surface area (Å²) in [5.74, 6) is -5.69. The minimum Gasteiger partial charge on any atom is -0.550 e. The number of carboxylic acid groups (broad SMARTS) is 2. The predicted molar refractivity (Wildman–Crippen MR) is 53.3 cm³/mol. The predicted octanol–water partition coefficient (Wildman–Crippen LogP) is -1.70. The Bertz CT molecular complexity index is 424. The molecule has 1 aromatic rings. The Kier molecular flexibility index (Phi) is 4.39. The van der Waals surface area contributed by atoms with Crippen LogP contribution >= 0.6 is 0 Å². The van der Waals surface area contributed by atoms with Crippen LogP contribution in [0.4, 0.5) is 0 Å². The summed E-state index contributed by atoms with van der Waals surface area (Å²) < 4.78 is 0. The van der Waals surface area contributed by atoms with Gasteiger partial charge >= 0.3 is 0 Å². The highest BCUT2D eigenvalue weighted by Gasteiger charge is 2.16. The van der Waals surface area contributed by atoms with E-state index >= 15 is 0 Å². The van der Waals surface area contributed by atoms with E-state index in [-0.39, 0.29) is 6.42 Å². The summed E-state index contributed by atoms with van der Waals surface area (Å²) in [6.07, 6.45) is -0.554. The average Bonchev–Trinajstić information content (AvgIpc) is 2.29. The van der Waals surface area contributed by atoms with Gasteiger partial charge in [-0.25, -0.2) is 0 Å². The maximum absolute atomic E-state index is 10.9. The van der Waals surface area contributed by atoms with E-state index in [4.69, 9.17) is 0 Å². The Hall–Kier alpha value is -2.17. The minimum absolute atomic E-state index is 0.0577. The van der Waals surface area contributed by atoms with Crippen LogP contribution in [0.5, 0.6) is 0 Å². The molecule has 5 heteroatoms. The number of rotatable bonds is 6. The van der Waals surface area contributed by atoms with E-state index in [1.807, 2.05) is 0 Å². The Labute approximate surface area is 97.7 Å². The molecule has 0 amide bonds. The summed E-state index contributed by atoms with van der Waals surface area (Å²) in [6.45, 7) is 0. The number of Topliss-reactive ketones (excluding diaryl/α,β-unsaturated/α-hetero) is 1. The molecule has 0 fully saturated rings. The summed E-state index contributed by atoms with van der Waals surface area (Å²) in [5.41, 5.74) is 0.702. The maximum atomic E-state index is 10.9. The van der Waals surface area contributed by atoms with Gasteiger partial charge < -0.3 is 19.8 Å². The fourth-order valence-corrected chi connectivity index (χ4v) is 1.44. The molecular weight excluding hydrogens is 224 g/mol. The van der Waals surface area contributed by atoms with Gasteiger partial charge in [0.1, 0.15) is 5.97 Å². The van der Waals surface area contributed by atoms with Gasteiger partial charge in [-0.3, -0.25) is 4.79 Å². The van der Waals surface area contributed by atoms with Crippen LogP contribution in [0.2, 0.25) is 0 Å². The highest BCUT2D eigenvalue weighted by molar-refractivity contribution is 6.31. The molecule has 1 aromatic carbocycles. The minimum atomic E-state index is -1.87. The van der Waals surface area contributed by atoms with Crippen molar-refractivity contribution in [1.82, 2.24) is 0 Å². The van der Waals surface area contributed by atoms with E-state index in [9.17, 15) is 24.6 Å². The number of benzene rings is 1. The Morgan fingerprint density at radius 3 is 2.12 bits per heavy atom. The second kappa shape index (κ2) is 5.79. The second-order valence-corrected chi connectivity index (χ2v) is 3.62. The van der Waals surface area contributed by atoms with E-state index in [0.29, 0.717) is 5.56 Å². The first-order valence-electron chi connectivity index (χ1n) is 4.99. The molecule has 0 aliphatic rings. The van der Waals surface area contributed by atoms with Gasteiger partial charge in [0.05, 0.1) is 0 Å². The third kappa shape index (κ3) is 4.06. The molecule has 0 aromatic heterocycles. The van der Waals surface area contributed by atoms with Crippen molar-refractivity contribution >= 4 is 17.7 Å². The summed E-state index contributed by atoms with van der Waals surface area (Å²) in [5, 5.41) is 21.0. The lowest BCUT2D eigenvalue weighted by molar-refractivity contribution is -0.311. The van der Waals surface area contributed by atoms with Gasteiger partial charge in [0, 0.05) is 18.3 Å². The molecule has 0 radical (unpaired) electrons. The van der Waals surface area contributed by atoms with Crippen molar-refractivity contribution in [3.63, 3.8) is 0 Å². The van der Waals surface area contributed by atoms with Crippen molar-refractivity contribution in [2.75, 3.05) is 0 Å². The molecule has 17 heavy (non-hydrogen) atoms. The molecular formula is C12H10O5-2. The number of carbonyl (C=O) groups excluding carboxylic acids is 3. The molecule has 1 rings (SSSR count). The van der Waals surface area contributed by atoms with E-state index in [0.717, 1.165) is 0 Å². The molecule has 1 atom stereocenters. The van der Waals surface area contributed by atoms with Crippen molar-refractivity contribution in [2.45, 2.75) is 12.8 Å². The third-order valence-electron chi connectivity index (χ3n) is 2.32. The lowest BCUT2D eigenvalue weighted by Crippen LogP contribution is -2.38. The molecule has 5 nitrogen and oxygen atoms in total. The Morgan fingerprint density at radius 2 is 1.65 bits per heavy atom. The number of carboxylic acids is 2. The van der Waals surface area contributed by atoms with Gasteiger partial charge in [0.15, 0.2) is 5.78 Å². The zero-order chi connectivity index (χ0) is 12.8. The van der Waals surface area contributed by atoms with Crippen LogP contribution < -0.4 is 10.2 Å². The van der Waals surface area contributed by atoms with Crippen molar-refractivity contribution in [1.29, 1.82) is 0 Å². The van der Waals surface area contributed by atoms with Gasteiger partial charge in [-0.1, -0.05) is 30.3 Å². The second-order valence-electron chi connectivity index (χ2n) is 3.62. The Balaban J connectivity index is 2.71. The summed E-state index contributed by atoms with van der Waals surface area (Å²) in [4.78, 5) is 31.9. The van der Waals surface area contributed by atoms with Crippen molar-refractivity contribution in [3.8, 4) is 0 Å². The lowest BCUT2D eigenvalue weighted by Gasteiger charge is -2.17. The summed E-state index contributed by atoms with van der Waals surface area (Å²) in [7, 11) is 0. The number of aliphatic carboxylic acids is 2. The van der Waals surface area contributed by atoms with E-state index in [1.54, 1.807) is 30.3 Å². The number of hydrogen-bond donors (Lipinski definition) is 0. The first kappa shape index (κ1) is 12.9. The normalized spacial score (nSPS) is 11.8. The first-order valence-corrected chi connectivity index (χ1v) is 4.99. The molecule has 1 unspecified atom stereocenters. The van der Waals surface area contributed by atoms with Crippen LogP contribution in [0.1, 0.15) is 12.0 Å². The lowest BCUT2D eigenvalue weighted by atomic mass is 9.94. The van der Waals surface area contributed by atoms with Gasteiger partial charge in [-0.15, -0.1) is 0 Å². The molecule has 0 heterocycles. The van der Waals surface area contributed by atoms with Crippen LogP contribution in [0.25, 0.3) is 0 Å². The first-order chi connectivity index (χ1) is 8.00. The number of ketones is 1. The van der Waals surface area contributed by atoms with E-state index in [1.165, 1.54) is 0 Å². The summed E-state index contributed by atoms with van der Waals surface area (Å²) in [6, 6.07) is 8.60. The quantitative estimate of drug-likeness (QED) is 0.547. The SMILES string of the molecule is O=C([O-])C(=O)CC(Cc1ccccc1)C(=O)[O-]. The highest BCUT2D eigenvalue weighted by atomic mass is 16.4. The van der Waals surface area contributed by atoms with Crippen molar-refractivity contribution < 1.29 is 24.6 Å². The molecule has 90 valence electrons. The third-order valence-corrected chi connectivity index (χ3v) is 2.32. The van der Waals surface area contributed by atoms with Gasteiger partial charge in [-0.2, -0.15) is 0 Å². The van der Waals surface area contributed by atoms with Crippen LogP contribution in [0.3, 0.4) is 0 Å². The molecule has 0 bridgehead atoms. The topological polar surface area (TPSA) is 97.3 Å². The standard InChI is InChI=1S/C12H12O5/c13-10(12(16)17)7-9(11(14)15)6-8-4-2-1-3-5-8/h1-5,9H,6-7H2,(H,14,15)(H,16,17)/p-2. The molecule has 0 aliphatic heterocycles. The van der Waals surface area contributed by atoms with Crippen LogP contribution in [0.15, 0.2) is 30.3 Å². The van der Waals surface area contributed by atoms with Crippen LogP contribution in [-0.2, 0) is 20.8 Å². The molecule has 0 saturated carbocycles. The fourth-order valence-electron chi connectivity index (χ4n) is 1.44. The van der Waals surface area contributed by atoms with Gasteiger partial charge in [0.25, 0.3) is 0 Å². The molecule has 0 saturated heterocycles. The zero-order valence-corrected chi connectivity index (χ0v) is 8.92. The van der Waals surface area contributed by atoms with Crippen LogP contribution in [0, 0.1) is 5.92 Å². The van der Waals surface area contributed by atoms with Crippen molar-refractivity contribution in [2.24, 2.45) is 5.92 Å². The van der Waals surface area contributed by atoms with Crippen molar-refractivity contribution in [3.05, 3.63) is 35.9 Å². The smallest absolute Gasteiger partial charge is 0.178 e. The molecule has 0 spiro atoms. The number of hydrogen-bond acceptors (Lipinski definition) is 5. The average molecular weight is 234 g/mol. The zero-order valence-electron chi connectivity index (χ0n) is 8.92. The molecule has 0 aliphatic carbocycles. The Morgan fingerprint density at radius 1 is 1.06 bits per heavy atom. The van der Waals surface area contributed by atoms with E-state index < -0.39 is 30.1 Å².